The van der Waals surface area contributed by atoms with Gasteiger partial charge in [-0.1, -0.05) is 11.8 Å². The third-order valence-electron chi connectivity index (χ3n) is 5.27. The van der Waals surface area contributed by atoms with Crippen molar-refractivity contribution < 1.29 is 22.4 Å². The van der Waals surface area contributed by atoms with Crippen molar-refractivity contribution in [2.45, 2.75) is 18.2 Å². The smallest absolute Gasteiger partial charge is 0.241 e. The number of anilines is 1. The van der Waals surface area contributed by atoms with Gasteiger partial charge in [-0.2, -0.15) is 5.10 Å². The zero-order valence-corrected chi connectivity index (χ0v) is 16.7. The van der Waals surface area contributed by atoms with Crippen LogP contribution in [0.5, 0.6) is 0 Å². The van der Waals surface area contributed by atoms with Crippen molar-refractivity contribution in [2.75, 3.05) is 18.4 Å². The van der Waals surface area contributed by atoms with Crippen LogP contribution in [0.1, 0.15) is 24.5 Å². The molecule has 30 heavy (non-hydrogen) atoms. The normalized spacial score (nSPS) is 22.7. The largest absolute Gasteiger partial charge is 0.384 e. The molecule has 3 N–H and O–H groups in total. The van der Waals surface area contributed by atoms with Crippen LogP contribution < -0.4 is 11.1 Å². The number of nitrogens with two attached hydrogens (primary N) is 1. The van der Waals surface area contributed by atoms with Crippen LogP contribution in [0.4, 0.5) is 23.2 Å². The van der Waals surface area contributed by atoms with Gasteiger partial charge in [0, 0.05) is 42.3 Å². The maximum absolute atomic E-state index is 14.5. The number of amides is 1. The number of nitrogens with one attached hydrogen (secondary N) is 1. The monoisotopic (exact) mass is 438 g/mol. The Morgan fingerprint density at radius 3 is 2.67 bits per heavy atom. The van der Waals surface area contributed by atoms with Crippen LogP contribution in [-0.4, -0.2) is 29.0 Å². The highest BCUT2D eigenvalue weighted by atomic mass is 32.2. The molecule has 1 spiro atoms. The van der Waals surface area contributed by atoms with Gasteiger partial charge < -0.3 is 11.1 Å². The highest BCUT2D eigenvalue weighted by Gasteiger charge is 2.56. The van der Waals surface area contributed by atoms with Crippen LogP contribution in [-0.2, 0) is 9.67 Å². The maximum Gasteiger partial charge on any atom is 0.241 e. The highest BCUT2D eigenvalue weighted by molar-refractivity contribution is 8.15. The summed E-state index contributed by atoms with van der Waals surface area (Å²) in [7, 11) is 0. The fourth-order valence-electron chi connectivity index (χ4n) is 3.96. The lowest BCUT2D eigenvalue weighted by Gasteiger charge is -2.46. The second kappa shape index (κ2) is 7.59. The van der Waals surface area contributed by atoms with Crippen LogP contribution >= 0.6 is 11.8 Å². The fraction of sp³-hybridized carbons (Fsp3) is 0.300. The molecular weight excluding hydrogens is 420 g/mol. The molecule has 2 aromatic carbocycles. The molecule has 5 nitrogen and oxygen atoms in total. The molecule has 4 rings (SSSR count). The van der Waals surface area contributed by atoms with Crippen molar-refractivity contribution in [2.24, 2.45) is 16.8 Å². The zero-order chi connectivity index (χ0) is 21.6. The van der Waals surface area contributed by atoms with Crippen molar-refractivity contribution in [3.63, 3.8) is 0 Å². The number of carbonyl (C=O) groups is 1. The third-order valence-corrected chi connectivity index (χ3v) is 6.80. The van der Waals surface area contributed by atoms with E-state index >= 15 is 0 Å². The summed E-state index contributed by atoms with van der Waals surface area (Å²) < 4.78 is 56.4. The Morgan fingerprint density at radius 2 is 1.97 bits per heavy atom. The minimum atomic E-state index is -1.28. The van der Waals surface area contributed by atoms with E-state index in [1.165, 1.54) is 6.92 Å². The minimum absolute atomic E-state index is 0.0711. The van der Waals surface area contributed by atoms with Gasteiger partial charge in [-0.05, 0) is 37.2 Å². The second-order valence-electron chi connectivity index (χ2n) is 7.13. The average Bonchev–Trinajstić information content (AvgIpc) is 3.09. The van der Waals surface area contributed by atoms with Gasteiger partial charge in [0.15, 0.2) is 11.6 Å². The Labute approximate surface area is 174 Å². The van der Waals surface area contributed by atoms with Crippen molar-refractivity contribution in [3.05, 3.63) is 64.7 Å². The fourth-order valence-corrected chi connectivity index (χ4v) is 5.54. The molecule has 10 heteroatoms. The van der Waals surface area contributed by atoms with E-state index in [0.29, 0.717) is 24.2 Å². The Kier molecular flexibility index (Phi) is 5.23. The van der Waals surface area contributed by atoms with Crippen molar-refractivity contribution in [1.82, 2.24) is 5.01 Å². The van der Waals surface area contributed by atoms with Gasteiger partial charge >= 0.3 is 0 Å². The van der Waals surface area contributed by atoms with E-state index in [9.17, 15) is 22.4 Å². The predicted octanol–water partition coefficient (Wildman–Crippen LogP) is 3.74. The number of rotatable bonds is 3. The summed E-state index contributed by atoms with van der Waals surface area (Å²) in [5.41, 5.74) is 6.26. The number of hydrogen-bond acceptors (Lipinski definition) is 5. The Morgan fingerprint density at radius 1 is 1.23 bits per heavy atom. The van der Waals surface area contributed by atoms with E-state index in [1.807, 2.05) is 0 Å². The molecule has 0 saturated heterocycles. The van der Waals surface area contributed by atoms with E-state index in [1.54, 1.807) is 0 Å². The number of carbonyl (C=O) groups excluding carboxylic acids is 1. The van der Waals surface area contributed by atoms with E-state index in [-0.39, 0.29) is 23.1 Å². The summed E-state index contributed by atoms with van der Waals surface area (Å²) in [4.78, 5) is 11.3. The van der Waals surface area contributed by atoms with Gasteiger partial charge in [0.25, 0.3) is 0 Å². The van der Waals surface area contributed by atoms with Crippen LogP contribution in [0.25, 0.3) is 0 Å². The van der Waals surface area contributed by atoms with Gasteiger partial charge in [0.05, 0.1) is 0 Å². The Bertz CT molecular complexity index is 1060. The van der Waals surface area contributed by atoms with Gasteiger partial charge in [-0.15, -0.1) is 0 Å². The van der Waals surface area contributed by atoms with Crippen molar-refractivity contribution in [1.29, 1.82) is 0 Å². The standard InChI is InChI=1S/C20H18F4N4OS/c1-10(29)28-20(30-19(27-28)13-6-12(21)2-3-15(13)22)11(4-5-25)9-26-18-8-17(24)16(23)7-14(18)20/h2-3,6-8,11,26H,4-5,9,25H2,1H3. The Hall–Kier alpha value is -2.59. The molecule has 158 valence electrons. The highest BCUT2D eigenvalue weighted by Crippen LogP contribution is 2.57. The van der Waals surface area contributed by atoms with Gasteiger partial charge in [0.2, 0.25) is 5.91 Å². The first-order chi connectivity index (χ1) is 14.3. The molecular formula is C20H18F4N4OS. The molecule has 0 radical (unpaired) electrons. The van der Waals surface area contributed by atoms with E-state index in [2.05, 4.69) is 10.4 Å². The predicted molar refractivity (Wildman–Crippen MR) is 107 cm³/mol. The molecule has 0 fully saturated rings. The molecule has 2 aromatic rings. The quantitative estimate of drug-likeness (QED) is 0.717. The molecule has 2 unspecified atom stereocenters. The summed E-state index contributed by atoms with van der Waals surface area (Å²) in [6.07, 6.45) is 0.427. The topological polar surface area (TPSA) is 70.7 Å². The molecule has 0 saturated carbocycles. The number of fused-ring (bicyclic) bond motifs is 2. The van der Waals surface area contributed by atoms with E-state index < -0.39 is 34.0 Å². The summed E-state index contributed by atoms with van der Waals surface area (Å²) in [6.45, 7) is 1.85. The molecule has 2 heterocycles. The molecule has 2 aliphatic rings. The van der Waals surface area contributed by atoms with E-state index in [4.69, 9.17) is 5.73 Å². The molecule has 0 aromatic heterocycles. The Balaban J connectivity index is 1.93. The molecule has 2 aliphatic heterocycles. The average molecular weight is 438 g/mol. The molecule has 1 amide bonds. The van der Waals surface area contributed by atoms with Crippen LogP contribution in [0.15, 0.2) is 35.4 Å². The molecule has 2 atom stereocenters. The number of halogens is 4. The minimum Gasteiger partial charge on any atom is -0.384 e. The van der Waals surface area contributed by atoms with Crippen molar-refractivity contribution >= 4 is 28.4 Å². The maximum atomic E-state index is 14.5. The van der Waals surface area contributed by atoms with Crippen LogP contribution in [0.3, 0.4) is 0 Å². The summed E-state index contributed by atoms with van der Waals surface area (Å²) in [5, 5.41) is 8.56. The SMILES string of the molecule is CC(=O)N1N=C(c2cc(F)ccc2F)SC12c1cc(F)c(F)cc1NCC2CCN. The number of thioether (sulfide) groups is 1. The van der Waals surface area contributed by atoms with Gasteiger partial charge in [0.1, 0.15) is 21.5 Å². The first-order valence-corrected chi connectivity index (χ1v) is 10.1. The van der Waals surface area contributed by atoms with Crippen LogP contribution in [0.2, 0.25) is 0 Å². The summed E-state index contributed by atoms with van der Waals surface area (Å²) in [6, 6.07) is 4.98. The zero-order valence-electron chi connectivity index (χ0n) is 15.9. The number of hydrogen-bond donors (Lipinski definition) is 2. The van der Waals surface area contributed by atoms with Crippen molar-refractivity contribution in [3.8, 4) is 0 Å². The lowest BCUT2D eigenvalue weighted by atomic mass is 9.84. The molecule has 0 bridgehead atoms. The number of hydrazone groups is 1. The number of benzene rings is 2. The van der Waals surface area contributed by atoms with E-state index in [0.717, 1.165) is 47.1 Å². The van der Waals surface area contributed by atoms with Crippen LogP contribution in [0, 0.1) is 29.2 Å². The second-order valence-corrected chi connectivity index (χ2v) is 8.34. The first-order valence-electron chi connectivity index (χ1n) is 9.25. The van der Waals surface area contributed by atoms with Gasteiger partial charge in [-0.3, -0.25) is 4.79 Å². The summed E-state index contributed by atoms with van der Waals surface area (Å²) in [5.74, 6) is -4.33. The lowest BCUT2D eigenvalue weighted by molar-refractivity contribution is -0.133. The first kappa shape index (κ1) is 20.7. The number of nitrogens with zero attached hydrogens (tertiary/aromatic N) is 2. The van der Waals surface area contributed by atoms with Gasteiger partial charge in [-0.25, -0.2) is 22.6 Å². The molecule has 0 aliphatic carbocycles. The third kappa shape index (κ3) is 3.14. The summed E-state index contributed by atoms with van der Waals surface area (Å²) >= 11 is 1.02. The lowest BCUT2D eigenvalue weighted by Crippen LogP contribution is -2.51.